The Balaban J connectivity index is 2.18. The first-order valence-electron chi connectivity index (χ1n) is 5.63. The third-order valence-corrected chi connectivity index (χ3v) is 4.20. The van der Waals surface area contributed by atoms with Crippen molar-refractivity contribution in [2.24, 2.45) is 5.92 Å². The molecule has 1 unspecified atom stereocenters. The minimum atomic E-state index is -0.484. The molecule has 0 amide bonds. The van der Waals surface area contributed by atoms with E-state index in [0.717, 1.165) is 36.2 Å². The van der Waals surface area contributed by atoms with Crippen LogP contribution in [-0.4, -0.2) is 22.9 Å². The van der Waals surface area contributed by atoms with E-state index in [1.807, 2.05) is 30.0 Å². The van der Waals surface area contributed by atoms with Crippen LogP contribution in [0, 0.1) is 5.92 Å². The van der Waals surface area contributed by atoms with Crippen molar-refractivity contribution in [1.82, 2.24) is 0 Å². The lowest BCUT2D eigenvalue weighted by Gasteiger charge is -2.27. The van der Waals surface area contributed by atoms with Gasteiger partial charge >= 0.3 is 0 Å². The second-order valence-corrected chi connectivity index (χ2v) is 5.37. The SMILES string of the molecule is O=Cc1ccccc1C(O)C1CCSCC1. The molecule has 0 spiro atoms. The van der Waals surface area contributed by atoms with Crippen LogP contribution in [0.3, 0.4) is 0 Å². The lowest BCUT2D eigenvalue weighted by atomic mass is 9.89. The highest BCUT2D eigenvalue weighted by Crippen LogP contribution is 2.34. The molecule has 16 heavy (non-hydrogen) atoms. The molecule has 1 fully saturated rings. The molecule has 1 heterocycles. The largest absolute Gasteiger partial charge is 0.388 e. The molecule has 1 N–H and O–H groups in total. The van der Waals surface area contributed by atoms with E-state index in [9.17, 15) is 9.90 Å². The average molecular weight is 236 g/mol. The molecule has 1 atom stereocenters. The summed E-state index contributed by atoms with van der Waals surface area (Å²) in [5, 5.41) is 10.3. The van der Waals surface area contributed by atoms with Gasteiger partial charge in [-0.3, -0.25) is 4.79 Å². The molecule has 1 aliphatic heterocycles. The van der Waals surface area contributed by atoms with E-state index in [4.69, 9.17) is 0 Å². The highest BCUT2D eigenvalue weighted by Gasteiger charge is 2.24. The van der Waals surface area contributed by atoms with Crippen LogP contribution < -0.4 is 0 Å². The summed E-state index contributed by atoms with van der Waals surface area (Å²) in [6.45, 7) is 0. The first-order valence-corrected chi connectivity index (χ1v) is 6.78. The van der Waals surface area contributed by atoms with Gasteiger partial charge in [-0.1, -0.05) is 24.3 Å². The summed E-state index contributed by atoms with van der Waals surface area (Å²) < 4.78 is 0. The van der Waals surface area contributed by atoms with Crippen LogP contribution in [0.4, 0.5) is 0 Å². The summed E-state index contributed by atoms with van der Waals surface area (Å²) in [6, 6.07) is 7.33. The maximum absolute atomic E-state index is 10.9. The van der Waals surface area contributed by atoms with Crippen LogP contribution in [0.25, 0.3) is 0 Å². The highest BCUT2D eigenvalue weighted by atomic mass is 32.2. The molecule has 0 saturated carbocycles. The molecule has 1 aromatic carbocycles. The minimum Gasteiger partial charge on any atom is -0.388 e. The van der Waals surface area contributed by atoms with Gasteiger partial charge in [-0.25, -0.2) is 0 Å². The quantitative estimate of drug-likeness (QED) is 0.820. The zero-order valence-corrected chi connectivity index (χ0v) is 9.95. The number of rotatable bonds is 3. The van der Waals surface area contributed by atoms with Crippen molar-refractivity contribution in [3.8, 4) is 0 Å². The molecule has 86 valence electrons. The van der Waals surface area contributed by atoms with E-state index in [2.05, 4.69) is 0 Å². The van der Waals surface area contributed by atoms with Crippen molar-refractivity contribution in [1.29, 1.82) is 0 Å². The first-order chi connectivity index (χ1) is 7.83. The standard InChI is InChI=1S/C13H16O2S/c14-9-11-3-1-2-4-12(11)13(15)10-5-7-16-8-6-10/h1-4,9-10,13,15H,5-8H2. The molecule has 1 aromatic rings. The van der Waals surface area contributed by atoms with E-state index in [-0.39, 0.29) is 0 Å². The molecular formula is C13H16O2S. The Kier molecular flexibility index (Phi) is 4.02. The Labute approximate surface area is 100 Å². The molecular weight excluding hydrogens is 220 g/mol. The second kappa shape index (κ2) is 5.51. The Bertz CT molecular complexity index is 359. The van der Waals surface area contributed by atoms with Crippen molar-refractivity contribution < 1.29 is 9.90 Å². The van der Waals surface area contributed by atoms with E-state index >= 15 is 0 Å². The zero-order valence-electron chi connectivity index (χ0n) is 9.13. The molecule has 0 aromatic heterocycles. The predicted molar refractivity (Wildman–Crippen MR) is 66.8 cm³/mol. The van der Waals surface area contributed by atoms with Crippen LogP contribution in [0.5, 0.6) is 0 Å². The molecule has 0 radical (unpaired) electrons. The maximum atomic E-state index is 10.9. The fraction of sp³-hybridized carbons (Fsp3) is 0.462. The Hall–Kier alpha value is -0.800. The second-order valence-electron chi connectivity index (χ2n) is 4.14. The third kappa shape index (κ3) is 2.47. The minimum absolute atomic E-state index is 0.308. The fourth-order valence-corrected chi connectivity index (χ4v) is 3.32. The van der Waals surface area contributed by atoms with Crippen molar-refractivity contribution in [3.63, 3.8) is 0 Å². The molecule has 1 saturated heterocycles. The molecule has 2 nitrogen and oxygen atoms in total. The molecule has 3 heteroatoms. The summed E-state index contributed by atoms with van der Waals surface area (Å²) in [6.07, 6.45) is 2.43. The van der Waals surface area contributed by atoms with Gasteiger partial charge in [0.1, 0.15) is 6.29 Å². The van der Waals surface area contributed by atoms with E-state index < -0.39 is 6.10 Å². The van der Waals surface area contributed by atoms with Crippen LogP contribution in [0.2, 0.25) is 0 Å². The highest BCUT2D eigenvalue weighted by molar-refractivity contribution is 7.99. The topological polar surface area (TPSA) is 37.3 Å². The normalized spacial score (nSPS) is 19.3. The summed E-state index contributed by atoms with van der Waals surface area (Å²) >= 11 is 1.94. The number of carbonyl (C=O) groups is 1. The van der Waals surface area contributed by atoms with Crippen molar-refractivity contribution >= 4 is 18.0 Å². The fourth-order valence-electron chi connectivity index (χ4n) is 2.17. The lowest BCUT2D eigenvalue weighted by Crippen LogP contribution is -2.19. The van der Waals surface area contributed by atoms with Gasteiger partial charge in [0.05, 0.1) is 6.10 Å². The molecule has 0 aliphatic carbocycles. The number of hydrogen-bond acceptors (Lipinski definition) is 3. The first kappa shape index (κ1) is 11.7. The number of aldehydes is 1. The number of aliphatic hydroxyl groups excluding tert-OH is 1. The zero-order chi connectivity index (χ0) is 11.4. The average Bonchev–Trinajstić information content (AvgIpc) is 2.39. The van der Waals surface area contributed by atoms with Gasteiger partial charge in [0.2, 0.25) is 0 Å². The van der Waals surface area contributed by atoms with E-state index in [0.29, 0.717) is 11.5 Å². The van der Waals surface area contributed by atoms with Gasteiger partial charge in [0.25, 0.3) is 0 Å². The lowest BCUT2D eigenvalue weighted by molar-refractivity contribution is 0.0991. The summed E-state index contributed by atoms with van der Waals surface area (Å²) in [5.74, 6) is 2.54. The number of hydrogen-bond donors (Lipinski definition) is 1. The van der Waals surface area contributed by atoms with Crippen LogP contribution in [-0.2, 0) is 0 Å². The van der Waals surface area contributed by atoms with Gasteiger partial charge in [0, 0.05) is 5.56 Å². The van der Waals surface area contributed by atoms with Gasteiger partial charge in [-0.15, -0.1) is 0 Å². The predicted octanol–water partition coefficient (Wildman–Crippen LogP) is 2.68. The number of thioether (sulfide) groups is 1. The van der Waals surface area contributed by atoms with Gasteiger partial charge < -0.3 is 5.11 Å². The van der Waals surface area contributed by atoms with Crippen LogP contribution in [0.1, 0.15) is 34.9 Å². The Morgan fingerprint density at radius 2 is 2.00 bits per heavy atom. The summed E-state index contributed by atoms with van der Waals surface area (Å²) in [4.78, 5) is 10.9. The van der Waals surface area contributed by atoms with Crippen molar-refractivity contribution in [3.05, 3.63) is 35.4 Å². The molecule has 2 rings (SSSR count). The van der Waals surface area contributed by atoms with Gasteiger partial charge in [0.15, 0.2) is 0 Å². The number of benzene rings is 1. The third-order valence-electron chi connectivity index (χ3n) is 3.15. The molecule has 0 bridgehead atoms. The van der Waals surface area contributed by atoms with E-state index in [1.54, 1.807) is 6.07 Å². The summed E-state index contributed by atoms with van der Waals surface area (Å²) in [5.41, 5.74) is 1.41. The number of aliphatic hydroxyl groups is 1. The monoisotopic (exact) mass is 236 g/mol. The van der Waals surface area contributed by atoms with Crippen LogP contribution in [0.15, 0.2) is 24.3 Å². The Morgan fingerprint density at radius 3 is 2.69 bits per heavy atom. The van der Waals surface area contributed by atoms with Crippen molar-refractivity contribution in [2.75, 3.05) is 11.5 Å². The maximum Gasteiger partial charge on any atom is 0.150 e. The number of carbonyl (C=O) groups excluding carboxylic acids is 1. The van der Waals surface area contributed by atoms with Gasteiger partial charge in [-0.05, 0) is 35.8 Å². The van der Waals surface area contributed by atoms with Crippen molar-refractivity contribution in [2.45, 2.75) is 18.9 Å². The Morgan fingerprint density at radius 1 is 1.31 bits per heavy atom. The van der Waals surface area contributed by atoms with Crippen LogP contribution >= 0.6 is 11.8 Å². The van der Waals surface area contributed by atoms with E-state index in [1.165, 1.54) is 0 Å². The molecule has 1 aliphatic rings. The smallest absolute Gasteiger partial charge is 0.150 e. The summed E-state index contributed by atoms with van der Waals surface area (Å²) in [7, 11) is 0. The van der Waals surface area contributed by atoms with Gasteiger partial charge in [-0.2, -0.15) is 11.8 Å².